The predicted molar refractivity (Wildman–Crippen MR) is 108 cm³/mol. The summed E-state index contributed by atoms with van der Waals surface area (Å²) in [4.78, 5) is 30.3. The van der Waals surface area contributed by atoms with Gasteiger partial charge in [-0.2, -0.15) is 0 Å². The molecule has 1 aliphatic rings. The lowest BCUT2D eigenvalue weighted by molar-refractivity contribution is -0.127. The molecule has 1 aliphatic heterocycles. The minimum absolute atomic E-state index is 0.190. The maximum Gasteiger partial charge on any atom is 0.267 e. The van der Waals surface area contributed by atoms with E-state index in [4.69, 9.17) is 10.5 Å². The Kier molecular flexibility index (Phi) is 5.05. The number of ether oxygens (including phenoxy) is 1. The summed E-state index contributed by atoms with van der Waals surface area (Å²) in [5, 5.41) is 0. The number of fused-ring (bicyclic) bond motifs is 1. The lowest BCUT2D eigenvalue weighted by atomic mass is 10.1. The van der Waals surface area contributed by atoms with Crippen LogP contribution in [0.5, 0.6) is 11.5 Å². The third kappa shape index (κ3) is 3.67. The number of halogens is 1. The van der Waals surface area contributed by atoms with Gasteiger partial charge in [-0.05, 0) is 42.5 Å². The highest BCUT2D eigenvalue weighted by Gasteiger charge is 2.28. The maximum atomic E-state index is 13.3. The van der Waals surface area contributed by atoms with E-state index in [0.717, 1.165) is 0 Å². The Labute approximate surface area is 172 Å². The smallest absolute Gasteiger partial charge is 0.267 e. The van der Waals surface area contributed by atoms with Crippen LogP contribution in [0.25, 0.3) is 11.3 Å². The van der Waals surface area contributed by atoms with Gasteiger partial charge in [-0.1, -0.05) is 12.6 Å². The molecular formula is C22H19FN4O3. The molecule has 2 N–H and O–H groups in total. The van der Waals surface area contributed by atoms with E-state index in [2.05, 4.69) is 11.6 Å². The van der Waals surface area contributed by atoms with Gasteiger partial charge in [0.25, 0.3) is 5.91 Å². The number of rotatable bonds is 5. The Bertz CT molecular complexity index is 1140. The van der Waals surface area contributed by atoms with Crippen LogP contribution in [0.4, 0.5) is 4.39 Å². The van der Waals surface area contributed by atoms with E-state index >= 15 is 0 Å². The number of amides is 2. The number of benzene rings is 2. The van der Waals surface area contributed by atoms with Crippen LogP contribution >= 0.6 is 0 Å². The summed E-state index contributed by atoms with van der Waals surface area (Å²) in [6.07, 6.45) is 1.26. The van der Waals surface area contributed by atoms with Crippen LogP contribution in [0.1, 0.15) is 16.3 Å². The van der Waals surface area contributed by atoms with Crippen LogP contribution < -0.4 is 10.5 Å². The number of imidazole rings is 1. The Hall–Kier alpha value is -3.94. The fraction of sp³-hybridized carbons (Fsp3) is 0.136. The molecule has 8 heteroatoms. The highest BCUT2D eigenvalue weighted by atomic mass is 19.1. The molecule has 2 heterocycles. The van der Waals surface area contributed by atoms with Gasteiger partial charge in [0.15, 0.2) is 0 Å². The second-order valence-corrected chi connectivity index (χ2v) is 6.79. The molecule has 0 atom stereocenters. The van der Waals surface area contributed by atoms with Gasteiger partial charge in [0.05, 0.1) is 6.54 Å². The summed E-state index contributed by atoms with van der Waals surface area (Å²) in [6, 6.07) is 12.8. The van der Waals surface area contributed by atoms with Crippen molar-refractivity contribution >= 4 is 11.8 Å². The number of nitrogens with zero attached hydrogens (tertiary/aromatic N) is 3. The first-order chi connectivity index (χ1) is 14.5. The van der Waals surface area contributed by atoms with Gasteiger partial charge in [-0.3, -0.25) is 9.59 Å². The highest BCUT2D eigenvalue weighted by Crippen LogP contribution is 2.29. The van der Waals surface area contributed by atoms with Crippen molar-refractivity contribution in [3.8, 4) is 22.8 Å². The minimum atomic E-state index is -0.590. The van der Waals surface area contributed by atoms with Crippen LogP contribution in [-0.4, -0.2) is 32.8 Å². The number of hydrogen-bond acceptors (Lipinski definition) is 4. The van der Waals surface area contributed by atoms with Crippen molar-refractivity contribution in [3.63, 3.8) is 0 Å². The van der Waals surface area contributed by atoms with E-state index in [-0.39, 0.29) is 18.3 Å². The number of carbonyl (C=O) groups excluding carboxylic acids is 2. The van der Waals surface area contributed by atoms with Crippen molar-refractivity contribution in [1.29, 1.82) is 0 Å². The minimum Gasteiger partial charge on any atom is -0.457 e. The second kappa shape index (κ2) is 7.82. The van der Waals surface area contributed by atoms with Crippen molar-refractivity contribution in [2.75, 3.05) is 6.54 Å². The monoisotopic (exact) mass is 406 g/mol. The highest BCUT2D eigenvalue weighted by molar-refractivity contribution is 5.97. The van der Waals surface area contributed by atoms with E-state index in [9.17, 15) is 14.0 Å². The third-order valence-corrected chi connectivity index (χ3v) is 4.85. The first-order valence-corrected chi connectivity index (χ1v) is 9.30. The van der Waals surface area contributed by atoms with E-state index in [1.807, 2.05) is 0 Å². The number of aromatic nitrogens is 2. The van der Waals surface area contributed by atoms with Gasteiger partial charge in [-0.15, -0.1) is 0 Å². The van der Waals surface area contributed by atoms with Crippen molar-refractivity contribution in [2.45, 2.75) is 13.1 Å². The van der Waals surface area contributed by atoms with Gasteiger partial charge in [0.2, 0.25) is 5.91 Å². The molecule has 0 unspecified atom stereocenters. The zero-order valence-electron chi connectivity index (χ0n) is 16.0. The predicted octanol–water partition coefficient (Wildman–Crippen LogP) is 3.11. The summed E-state index contributed by atoms with van der Waals surface area (Å²) in [6.45, 7) is 4.63. The molecule has 7 nitrogen and oxygen atoms in total. The number of carbonyl (C=O) groups is 2. The molecule has 0 saturated carbocycles. The largest absolute Gasteiger partial charge is 0.457 e. The lowest BCUT2D eigenvalue weighted by Crippen LogP contribution is -2.38. The van der Waals surface area contributed by atoms with Crippen molar-refractivity contribution in [1.82, 2.24) is 14.5 Å². The summed E-state index contributed by atoms with van der Waals surface area (Å²) < 4.78 is 20.7. The quantitative estimate of drug-likeness (QED) is 0.659. The molecular weight excluding hydrogens is 387 g/mol. The molecule has 0 fully saturated rings. The van der Waals surface area contributed by atoms with Crippen molar-refractivity contribution < 1.29 is 18.7 Å². The molecule has 0 radical (unpaired) electrons. The van der Waals surface area contributed by atoms with E-state index in [0.29, 0.717) is 47.4 Å². The molecule has 0 aliphatic carbocycles. The summed E-state index contributed by atoms with van der Waals surface area (Å²) in [7, 11) is 0. The Morgan fingerprint density at radius 1 is 1.13 bits per heavy atom. The molecule has 4 rings (SSSR count). The third-order valence-electron chi connectivity index (χ3n) is 4.85. The molecule has 2 amide bonds. The molecule has 1 aromatic heterocycles. The van der Waals surface area contributed by atoms with Crippen LogP contribution in [0, 0.1) is 5.82 Å². The fourth-order valence-electron chi connectivity index (χ4n) is 3.45. The van der Waals surface area contributed by atoms with Crippen molar-refractivity contribution in [3.05, 3.63) is 78.5 Å². The van der Waals surface area contributed by atoms with E-state index < -0.39 is 5.91 Å². The van der Waals surface area contributed by atoms with E-state index in [1.165, 1.54) is 18.2 Å². The first-order valence-electron chi connectivity index (χ1n) is 9.30. The molecule has 2 aromatic carbocycles. The van der Waals surface area contributed by atoms with Crippen LogP contribution in [-0.2, 0) is 17.9 Å². The van der Waals surface area contributed by atoms with E-state index in [1.54, 1.807) is 45.9 Å². The van der Waals surface area contributed by atoms with Crippen LogP contribution in [0.15, 0.2) is 61.2 Å². The van der Waals surface area contributed by atoms with Crippen LogP contribution in [0.3, 0.4) is 0 Å². The molecule has 0 saturated heterocycles. The topological polar surface area (TPSA) is 90.4 Å². The Morgan fingerprint density at radius 3 is 2.57 bits per heavy atom. The molecule has 3 aromatic rings. The molecule has 30 heavy (non-hydrogen) atoms. The Morgan fingerprint density at radius 2 is 1.90 bits per heavy atom. The molecule has 0 spiro atoms. The first kappa shape index (κ1) is 19.4. The lowest BCUT2D eigenvalue weighted by Gasteiger charge is -2.27. The summed E-state index contributed by atoms with van der Waals surface area (Å²) in [5.41, 5.74) is 7.06. The summed E-state index contributed by atoms with van der Waals surface area (Å²) >= 11 is 0. The van der Waals surface area contributed by atoms with Gasteiger partial charge in [-0.25, -0.2) is 9.37 Å². The maximum absolute atomic E-state index is 13.3. The van der Waals surface area contributed by atoms with Gasteiger partial charge < -0.3 is 19.9 Å². The number of primary amides is 1. The summed E-state index contributed by atoms with van der Waals surface area (Å²) in [5.74, 6) is 0.308. The van der Waals surface area contributed by atoms with Gasteiger partial charge in [0, 0.05) is 24.7 Å². The van der Waals surface area contributed by atoms with Gasteiger partial charge >= 0.3 is 0 Å². The van der Waals surface area contributed by atoms with Crippen molar-refractivity contribution in [2.24, 2.45) is 5.73 Å². The Balaban J connectivity index is 1.64. The SMILES string of the molecule is C=CC(=O)N1CCn2c(nc(-c3ccc(Oc4cccc(F)c4)cc3)c2C(N)=O)C1. The average molecular weight is 406 g/mol. The normalized spacial score (nSPS) is 12.9. The fourth-order valence-corrected chi connectivity index (χ4v) is 3.45. The zero-order valence-corrected chi connectivity index (χ0v) is 16.0. The average Bonchev–Trinajstić information content (AvgIpc) is 3.12. The number of hydrogen-bond donors (Lipinski definition) is 1. The second-order valence-electron chi connectivity index (χ2n) is 6.79. The van der Waals surface area contributed by atoms with Crippen LogP contribution in [0.2, 0.25) is 0 Å². The molecule has 0 bridgehead atoms. The number of nitrogens with two attached hydrogens (primary N) is 1. The zero-order chi connectivity index (χ0) is 21.3. The van der Waals surface area contributed by atoms with Gasteiger partial charge in [0.1, 0.15) is 34.5 Å². The standard InChI is InChI=1S/C22H19FN4O3/c1-2-19(28)26-10-11-27-18(13-26)25-20(21(27)22(24)29)14-6-8-16(9-7-14)30-17-5-3-4-15(23)12-17/h2-9,12H,1,10-11,13H2,(H2,24,29). The molecule has 152 valence electrons.